The molecule has 13 nitrogen and oxygen atoms in total. The first-order chi connectivity index (χ1) is 32.9. The summed E-state index contributed by atoms with van der Waals surface area (Å²) in [6.45, 7) is 10.8. The minimum Gasteiger partial charge on any atom is -0.492 e. The fourth-order valence-corrected chi connectivity index (χ4v) is 10.3. The van der Waals surface area contributed by atoms with Crippen LogP contribution in [0.3, 0.4) is 0 Å². The fraction of sp³-hybridized carbons (Fsp3) is 0.519. The van der Waals surface area contributed by atoms with E-state index in [2.05, 4.69) is 20.6 Å². The van der Waals surface area contributed by atoms with Gasteiger partial charge < -0.3 is 34.9 Å². The van der Waals surface area contributed by atoms with Crippen LogP contribution in [0.15, 0.2) is 71.9 Å². The number of thiazole rings is 1. The van der Waals surface area contributed by atoms with Crippen LogP contribution in [0.2, 0.25) is 0 Å². The number of fused-ring (bicyclic) bond motifs is 2. The van der Waals surface area contributed by atoms with E-state index in [4.69, 9.17) is 14.2 Å². The predicted octanol–water partition coefficient (Wildman–Crippen LogP) is 7.84. The lowest BCUT2D eigenvalue weighted by atomic mass is 9.85. The summed E-state index contributed by atoms with van der Waals surface area (Å²) in [4.78, 5) is 53.3. The Morgan fingerprint density at radius 3 is 2.42 bits per heavy atom. The van der Waals surface area contributed by atoms with E-state index >= 15 is 4.39 Å². The zero-order valence-electron chi connectivity index (χ0n) is 40.4. The van der Waals surface area contributed by atoms with E-state index in [1.54, 1.807) is 21.7 Å². The summed E-state index contributed by atoms with van der Waals surface area (Å²) < 4.78 is 61.9. The van der Waals surface area contributed by atoms with Gasteiger partial charge in [0, 0.05) is 45.1 Å². The first-order valence-electron chi connectivity index (χ1n) is 23.8. The number of aliphatic hydroxyl groups is 1. The second kappa shape index (κ2) is 22.7. The number of hydrogen-bond acceptors (Lipinski definition) is 11. The summed E-state index contributed by atoms with van der Waals surface area (Å²) in [6, 6.07) is 14.3. The molecule has 5 atom stereocenters. The molecule has 1 aliphatic carbocycles. The van der Waals surface area contributed by atoms with E-state index in [1.807, 2.05) is 83.1 Å². The van der Waals surface area contributed by atoms with Gasteiger partial charge in [-0.2, -0.15) is 0 Å². The van der Waals surface area contributed by atoms with E-state index in [-0.39, 0.29) is 62.7 Å². The second-order valence-electron chi connectivity index (χ2n) is 19.6. The number of halogens is 3. The number of aliphatic hydroxyl groups excluding tert-OH is 1. The zero-order chi connectivity index (χ0) is 49.5. The van der Waals surface area contributed by atoms with Crippen molar-refractivity contribution in [3.63, 3.8) is 0 Å². The van der Waals surface area contributed by atoms with Crippen LogP contribution in [0, 0.1) is 18.2 Å². The Labute approximate surface area is 406 Å². The molecule has 2 aromatic heterocycles. The number of pyridine rings is 1. The topological polar surface area (TPSA) is 155 Å². The summed E-state index contributed by atoms with van der Waals surface area (Å²) in [5, 5.41) is 16.3. The third-order valence-electron chi connectivity index (χ3n) is 12.9. The van der Waals surface area contributed by atoms with Crippen LogP contribution in [0.1, 0.15) is 101 Å². The first-order valence-corrected chi connectivity index (χ1v) is 24.7. The summed E-state index contributed by atoms with van der Waals surface area (Å²) >= 11 is 1.56. The number of alkyl halides is 2. The number of carbonyl (C=O) groups is 3. The van der Waals surface area contributed by atoms with Gasteiger partial charge in [0.1, 0.15) is 30.3 Å². The quantitative estimate of drug-likeness (QED) is 0.0704. The Morgan fingerprint density at radius 1 is 0.971 bits per heavy atom. The number of ether oxygens (including phenoxy) is 3. The molecule has 0 radical (unpaired) electrons. The van der Waals surface area contributed by atoms with E-state index in [0.29, 0.717) is 32.5 Å². The molecule has 3 N–H and O–H groups in total. The van der Waals surface area contributed by atoms with Gasteiger partial charge in [0.25, 0.3) is 5.92 Å². The molecule has 0 bridgehead atoms. The smallest absolute Gasteiger partial charge is 0.257 e. The number of benzene rings is 2. The van der Waals surface area contributed by atoms with Crippen LogP contribution in [0.5, 0.6) is 5.75 Å². The molecule has 69 heavy (non-hydrogen) atoms. The molecule has 3 amide bonds. The van der Waals surface area contributed by atoms with Crippen LogP contribution in [0.4, 0.5) is 13.2 Å². The van der Waals surface area contributed by atoms with Crippen molar-refractivity contribution in [2.24, 2.45) is 5.41 Å². The minimum atomic E-state index is -2.97. The molecule has 1 fully saturated rings. The molecule has 4 heterocycles. The lowest BCUT2D eigenvalue weighted by Gasteiger charge is -2.42. The molecule has 2 aliphatic heterocycles. The van der Waals surface area contributed by atoms with Gasteiger partial charge in [-0.1, -0.05) is 69.3 Å². The van der Waals surface area contributed by atoms with E-state index in [9.17, 15) is 28.3 Å². The van der Waals surface area contributed by atoms with Crippen LogP contribution in [-0.2, 0) is 36.8 Å². The molecule has 0 unspecified atom stereocenters. The van der Waals surface area contributed by atoms with Crippen LogP contribution >= 0.6 is 11.3 Å². The maximum atomic E-state index is 15.9. The molecule has 3 aliphatic rings. The average Bonchev–Trinajstić information content (AvgIpc) is 4.02. The standard InChI is InChI=1S/C52H65F3N6O7S/c1-32-22-40-39-13-9-8-12-36(39)23-41(40)46(61(32)30-52(6,54)55)45-42(53)25-38(27-56-45)68-19-11-7-10-18-66-20-21-67-29-44(63)59-48(51(3,4)5)50(65)60-28-37(62)24-43(60)49(64)57-26-34-14-16-35(17-15-34)47-33(2)58-31-69-47/h8-9,12-17,25,27,31-32,37,43,46,48,62H,7,10-11,18-24,26,28-30H2,1-6H3,(H,57,64)(H,59,63)/t32-,37-,43+,46+,48-/m1/s1. The number of β-amino-alcohol motifs (C(OH)–C–C–N with tert-alkyl or cyclic N) is 1. The van der Waals surface area contributed by atoms with Gasteiger partial charge in [-0.25, -0.2) is 18.2 Å². The van der Waals surface area contributed by atoms with Gasteiger partial charge in [-0.15, -0.1) is 11.3 Å². The van der Waals surface area contributed by atoms with Crippen molar-refractivity contribution in [3.05, 3.63) is 106 Å². The number of nitrogens with one attached hydrogen (secondary N) is 2. The van der Waals surface area contributed by atoms with Crippen molar-refractivity contribution < 1.29 is 46.9 Å². The van der Waals surface area contributed by atoms with E-state index in [1.165, 1.54) is 17.2 Å². The van der Waals surface area contributed by atoms with Crippen molar-refractivity contribution in [2.45, 2.75) is 123 Å². The zero-order valence-corrected chi connectivity index (χ0v) is 41.2. The summed E-state index contributed by atoms with van der Waals surface area (Å²) in [5.41, 5.74) is 8.32. The van der Waals surface area contributed by atoms with Crippen LogP contribution in [0.25, 0.3) is 16.0 Å². The first kappa shape index (κ1) is 51.6. The summed E-state index contributed by atoms with van der Waals surface area (Å²) in [7, 11) is 0. The highest BCUT2D eigenvalue weighted by molar-refractivity contribution is 7.13. The fourth-order valence-electron chi connectivity index (χ4n) is 9.47. The molecular weight excluding hydrogens is 910 g/mol. The number of rotatable bonds is 21. The normalized spacial score (nSPS) is 19.9. The highest BCUT2D eigenvalue weighted by Gasteiger charge is 2.45. The highest BCUT2D eigenvalue weighted by atomic mass is 32.1. The Kier molecular flexibility index (Phi) is 17.0. The van der Waals surface area contributed by atoms with Gasteiger partial charge in [0.15, 0.2) is 0 Å². The summed E-state index contributed by atoms with van der Waals surface area (Å²) in [5.74, 6) is -4.63. The van der Waals surface area contributed by atoms with Gasteiger partial charge >= 0.3 is 0 Å². The third kappa shape index (κ3) is 13.2. The average molecular weight is 975 g/mol. The SMILES string of the molecule is Cc1ncsc1-c1ccc(CNC(=O)[C@@H]2C[C@@H](O)CN2C(=O)[C@@H](NC(=O)COCCOCCCCCOc2cnc([C@@H]3C4=C(C[C@@H](C)N3CC(C)(F)F)c3ccccc3C4)c(F)c2)C(C)(C)C)cc1. The number of likely N-dealkylation sites (tertiary alicyclic amines) is 1. The number of hydrogen-bond donors (Lipinski definition) is 3. The van der Waals surface area contributed by atoms with Gasteiger partial charge in [0.2, 0.25) is 17.7 Å². The van der Waals surface area contributed by atoms with Gasteiger partial charge in [-0.3, -0.25) is 24.3 Å². The lowest BCUT2D eigenvalue weighted by molar-refractivity contribution is -0.144. The number of nitrogens with zero attached hydrogens (tertiary/aromatic N) is 4. The van der Waals surface area contributed by atoms with Crippen molar-refractivity contribution in [3.8, 4) is 16.2 Å². The van der Waals surface area contributed by atoms with Crippen LogP contribution < -0.4 is 15.4 Å². The monoisotopic (exact) mass is 974 g/mol. The van der Waals surface area contributed by atoms with Crippen molar-refractivity contribution in [1.29, 1.82) is 0 Å². The maximum absolute atomic E-state index is 15.9. The third-order valence-corrected chi connectivity index (χ3v) is 13.9. The number of carbonyl (C=O) groups excluding carboxylic acids is 3. The Balaban J connectivity index is 0.794. The number of aromatic nitrogens is 2. The number of unbranched alkanes of at least 4 members (excludes halogenated alkanes) is 2. The van der Waals surface area contributed by atoms with Gasteiger partial charge in [0.05, 0.1) is 66.5 Å². The maximum Gasteiger partial charge on any atom is 0.257 e. The largest absolute Gasteiger partial charge is 0.492 e. The molecule has 372 valence electrons. The van der Waals surface area contributed by atoms with E-state index in [0.717, 1.165) is 63.7 Å². The molecule has 17 heteroatoms. The molecule has 0 saturated carbocycles. The molecule has 2 aromatic carbocycles. The van der Waals surface area contributed by atoms with E-state index < -0.39 is 59.7 Å². The number of amides is 3. The lowest BCUT2D eigenvalue weighted by Crippen LogP contribution is -2.58. The van der Waals surface area contributed by atoms with Crippen molar-refractivity contribution in [2.75, 3.05) is 46.1 Å². The highest BCUT2D eigenvalue weighted by Crippen LogP contribution is 2.49. The Hall–Kier alpha value is -5.20. The van der Waals surface area contributed by atoms with Crippen LogP contribution in [-0.4, -0.2) is 119 Å². The molecule has 4 aromatic rings. The summed E-state index contributed by atoms with van der Waals surface area (Å²) in [6.07, 6.45) is 4.02. The van der Waals surface area contributed by atoms with Crippen molar-refractivity contribution in [1.82, 2.24) is 30.4 Å². The molecular formula is C52H65F3N6O7S. The Morgan fingerprint density at radius 2 is 1.71 bits per heavy atom. The Bertz CT molecular complexity index is 2460. The van der Waals surface area contributed by atoms with Crippen molar-refractivity contribution >= 4 is 34.6 Å². The molecule has 1 saturated heterocycles. The second-order valence-corrected chi connectivity index (χ2v) is 20.4. The number of aryl methyl sites for hydroxylation is 1. The molecule has 7 rings (SSSR count). The minimum absolute atomic E-state index is 0.0302. The molecule has 0 spiro atoms. The van der Waals surface area contributed by atoms with Gasteiger partial charge in [-0.05, 0) is 84.8 Å². The predicted molar refractivity (Wildman–Crippen MR) is 258 cm³/mol.